The first-order valence-corrected chi connectivity index (χ1v) is 8.70. The van der Waals surface area contributed by atoms with Crippen molar-refractivity contribution in [2.24, 2.45) is 0 Å². The molecule has 0 radical (unpaired) electrons. The molecule has 2 rings (SSSR count). The zero-order valence-electron chi connectivity index (χ0n) is 14.6. The van der Waals surface area contributed by atoms with Gasteiger partial charge in [-0.25, -0.2) is 4.39 Å². The van der Waals surface area contributed by atoms with Gasteiger partial charge in [-0.3, -0.25) is 14.5 Å². The zero-order valence-corrected chi connectivity index (χ0v) is 14.6. The van der Waals surface area contributed by atoms with Crippen LogP contribution in [0, 0.1) is 5.82 Å². The molecule has 0 bridgehead atoms. The molecular formula is C18H26FN3O3. The molecule has 1 aromatic carbocycles. The van der Waals surface area contributed by atoms with E-state index in [1.807, 2.05) is 11.8 Å². The van der Waals surface area contributed by atoms with Crippen molar-refractivity contribution in [3.05, 3.63) is 35.6 Å². The molecule has 1 atom stereocenters. The number of aliphatic hydroxyl groups excluding tert-OH is 1. The number of hydrogen-bond acceptors (Lipinski definition) is 4. The Labute approximate surface area is 147 Å². The number of amides is 2. The van der Waals surface area contributed by atoms with Crippen molar-refractivity contribution in [1.82, 2.24) is 15.1 Å². The van der Waals surface area contributed by atoms with Crippen molar-refractivity contribution >= 4 is 11.8 Å². The second kappa shape index (κ2) is 9.48. The van der Waals surface area contributed by atoms with E-state index in [0.29, 0.717) is 26.2 Å². The third-order valence-corrected chi connectivity index (χ3v) is 4.32. The third-order valence-electron chi connectivity index (χ3n) is 4.32. The molecule has 0 aromatic heterocycles. The summed E-state index contributed by atoms with van der Waals surface area (Å²) in [5.41, 5.74) is 0.898. The number of halogens is 1. The molecule has 1 aliphatic rings. The van der Waals surface area contributed by atoms with Gasteiger partial charge in [0.15, 0.2) is 0 Å². The molecule has 2 amide bonds. The maximum absolute atomic E-state index is 13.1. The van der Waals surface area contributed by atoms with Gasteiger partial charge < -0.3 is 15.3 Å². The number of aliphatic hydroxyl groups is 1. The lowest BCUT2D eigenvalue weighted by molar-refractivity contribution is -0.139. The topological polar surface area (TPSA) is 72.9 Å². The van der Waals surface area contributed by atoms with Gasteiger partial charge in [-0.15, -0.1) is 0 Å². The average Bonchev–Trinajstić information content (AvgIpc) is 2.59. The average molecular weight is 351 g/mol. The summed E-state index contributed by atoms with van der Waals surface area (Å²) in [6.07, 6.45) is 0.870. The van der Waals surface area contributed by atoms with E-state index >= 15 is 0 Å². The van der Waals surface area contributed by atoms with Gasteiger partial charge in [0.05, 0.1) is 19.1 Å². The summed E-state index contributed by atoms with van der Waals surface area (Å²) in [6, 6.07) is 5.61. The molecule has 2 N–H and O–H groups in total. The van der Waals surface area contributed by atoms with Crippen LogP contribution in [0.15, 0.2) is 24.3 Å². The minimum Gasteiger partial charge on any atom is -0.395 e. The minimum atomic E-state index is -0.552. The summed E-state index contributed by atoms with van der Waals surface area (Å²) in [6.45, 7) is 4.35. The molecule has 6 nitrogen and oxygen atoms in total. The van der Waals surface area contributed by atoms with E-state index in [0.717, 1.165) is 12.0 Å². The standard InChI is InChI=1S/C18H26FN3O3/c1-2-8-21(10-11-23)17(24)12-16-18(25)20-7-9-22(16)13-14-3-5-15(19)6-4-14/h3-6,16,23H,2,7-13H2,1H3,(H,20,25)/t16-/m0/s1. The van der Waals surface area contributed by atoms with Crippen LogP contribution < -0.4 is 5.32 Å². The van der Waals surface area contributed by atoms with E-state index in [1.54, 1.807) is 17.0 Å². The SMILES string of the molecule is CCCN(CCO)C(=O)C[C@H]1C(=O)NCCN1Cc1ccc(F)cc1. The molecule has 0 aliphatic carbocycles. The maximum atomic E-state index is 13.1. The number of carbonyl (C=O) groups excluding carboxylic acids is 2. The van der Waals surface area contributed by atoms with Crippen LogP contribution in [0.3, 0.4) is 0 Å². The van der Waals surface area contributed by atoms with E-state index in [4.69, 9.17) is 5.11 Å². The Morgan fingerprint density at radius 2 is 2.08 bits per heavy atom. The quantitative estimate of drug-likeness (QED) is 0.725. The molecule has 25 heavy (non-hydrogen) atoms. The number of carbonyl (C=O) groups is 2. The Balaban J connectivity index is 2.06. The number of benzene rings is 1. The second-order valence-corrected chi connectivity index (χ2v) is 6.21. The maximum Gasteiger partial charge on any atom is 0.237 e. The first-order chi connectivity index (χ1) is 12.0. The van der Waals surface area contributed by atoms with Crippen LogP contribution in [0.1, 0.15) is 25.3 Å². The fourth-order valence-electron chi connectivity index (χ4n) is 3.04. The van der Waals surface area contributed by atoms with Gasteiger partial charge in [-0.2, -0.15) is 0 Å². The Morgan fingerprint density at radius 3 is 2.72 bits per heavy atom. The number of nitrogens with zero attached hydrogens (tertiary/aromatic N) is 2. The van der Waals surface area contributed by atoms with E-state index in [-0.39, 0.29) is 37.2 Å². The van der Waals surface area contributed by atoms with Gasteiger partial charge in [0.1, 0.15) is 5.82 Å². The number of nitrogens with one attached hydrogen (secondary N) is 1. The Kier molecular flexibility index (Phi) is 7.33. The van der Waals surface area contributed by atoms with Crippen molar-refractivity contribution < 1.29 is 19.1 Å². The van der Waals surface area contributed by atoms with E-state index in [2.05, 4.69) is 5.32 Å². The Bertz CT molecular complexity index is 573. The molecule has 1 aliphatic heterocycles. The summed E-state index contributed by atoms with van der Waals surface area (Å²) < 4.78 is 13.1. The van der Waals surface area contributed by atoms with Crippen LogP contribution in [0.5, 0.6) is 0 Å². The number of hydrogen-bond donors (Lipinski definition) is 2. The Hall–Kier alpha value is -1.99. The van der Waals surface area contributed by atoms with Crippen molar-refractivity contribution in [3.63, 3.8) is 0 Å². The lowest BCUT2D eigenvalue weighted by Crippen LogP contribution is -2.56. The molecular weight excluding hydrogens is 325 g/mol. The highest BCUT2D eigenvalue weighted by molar-refractivity contribution is 5.88. The molecule has 0 unspecified atom stereocenters. The van der Waals surface area contributed by atoms with Gasteiger partial charge in [-0.1, -0.05) is 19.1 Å². The summed E-state index contributed by atoms with van der Waals surface area (Å²) in [7, 11) is 0. The van der Waals surface area contributed by atoms with Crippen LogP contribution in [0.4, 0.5) is 4.39 Å². The van der Waals surface area contributed by atoms with Crippen molar-refractivity contribution in [3.8, 4) is 0 Å². The van der Waals surface area contributed by atoms with Gasteiger partial charge in [0.25, 0.3) is 0 Å². The van der Waals surface area contributed by atoms with Crippen molar-refractivity contribution in [2.75, 3.05) is 32.8 Å². The van der Waals surface area contributed by atoms with Gasteiger partial charge in [0.2, 0.25) is 11.8 Å². The highest BCUT2D eigenvalue weighted by Crippen LogP contribution is 2.15. The van der Waals surface area contributed by atoms with Gasteiger partial charge in [0, 0.05) is 32.7 Å². The summed E-state index contributed by atoms with van der Waals surface area (Å²) >= 11 is 0. The number of piperazine rings is 1. The van der Waals surface area contributed by atoms with Crippen LogP contribution in [0.2, 0.25) is 0 Å². The fourth-order valence-corrected chi connectivity index (χ4v) is 3.04. The van der Waals surface area contributed by atoms with Crippen LogP contribution in [0.25, 0.3) is 0 Å². The largest absolute Gasteiger partial charge is 0.395 e. The predicted molar refractivity (Wildman–Crippen MR) is 92.2 cm³/mol. The summed E-state index contributed by atoms with van der Waals surface area (Å²) in [5.74, 6) is -0.602. The molecule has 0 saturated carbocycles. The predicted octanol–water partition coefficient (Wildman–Crippen LogP) is 0.747. The van der Waals surface area contributed by atoms with Crippen LogP contribution in [-0.2, 0) is 16.1 Å². The van der Waals surface area contributed by atoms with E-state index < -0.39 is 6.04 Å². The van der Waals surface area contributed by atoms with E-state index in [1.165, 1.54) is 12.1 Å². The highest BCUT2D eigenvalue weighted by atomic mass is 19.1. The minimum absolute atomic E-state index is 0.0764. The molecule has 0 spiro atoms. The van der Waals surface area contributed by atoms with Crippen molar-refractivity contribution in [2.45, 2.75) is 32.4 Å². The fraction of sp³-hybridized carbons (Fsp3) is 0.556. The van der Waals surface area contributed by atoms with Gasteiger partial charge >= 0.3 is 0 Å². The molecule has 1 fully saturated rings. The highest BCUT2D eigenvalue weighted by Gasteiger charge is 2.32. The zero-order chi connectivity index (χ0) is 18.2. The molecule has 7 heteroatoms. The van der Waals surface area contributed by atoms with Crippen LogP contribution in [-0.4, -0.2) is 65.5 Å². The van der Waals surface area contributed by atoms with Gasteiger partial charge in [-0.05, 0) is 24.1 Å². The molecule has 1 aromatic rings. The van der Waals surface area contributed by atoms with Crippen LogP contribution >= 0.6 is 0 Å². The van der Waals surface area contributed by atoms with Crippen molar-refractivity contribution in [1.29, 1.82) is 0 Å². The first kappa shape index (κ1) is 19.3. The molecule has 138 valence electrons. The normalized spacial score (nSPS) is 18.0. The molecule has 1 saturated heterocycles. The lowest BCUT2D eigenvalue weighted by Gasteiger charge is -2.35. The monoisotopic (exact) mass is 351 g/mol. The summed E-state index contributed by atoms with van der Waals surface area (Å²) in [5, 5.41) is 11.9. The Morgan fingerprint density at radius 1 is 1.36 bits per heavy atom. The first-order valence-electron chi connectivity index (χ1n) is 8.70. The smallest absolute Gasteiger partial charge is 0.237 e. The second-order valence-electron chi connectivity index (χ2n) is 6.21. The molecule has 1 heterocycles. The lowest BCUT2D eigenvalue weighted by atomic mass is 10.1. The van der Waals surface area contributed by atoms with E-state index in [9.17, 15) is 14.0 Å². The summed E-state index contributed by atoms with van der Waals surface area (Å²) in [4.78, 5) is 28.4. The number of rotatable bonds is 8. The third kappa shape index (κ3) is 5.51.